The third-order valence-corrected chi connectivity index (χ3v) is 0.441. The molecular weight excluding hydrogens is 90.1 g/mol. The van der Waals surface area contributed by atoms with Gasteiger partial charge >= 0.3 is 0 Å². The molecule has 0 aliphatic carbocycles. The van der Waals surface area contributed by atoms with Crippen LogP contribution in [0.3, 0.4) is 0 Å². The summed E-state index contributed by atoms with van der Waals surface area (Å²) in [5, 5.41) is 16.7. The third-order valence-electron chi connectivity index (χ3n) is 0.441. The molecule has 0 saturated carbocycles. The number of hydrogen-bond donors (Lipinski definition) is 2. The summed E-state index contributed by atoms with van der Waals surface area (Å²) in [4.78, 5) is 0. The summed E-state index contributed by atoms with van der Waals surface area (Å²) in [6.45, 7) is 0.880. The van der Waals surface area contributed by atoms with E-state index in [0.717, 1.165) is 0 Å². The van der Waals surface area contributed by atoms with Gasteiger partial charge in [-0.05, 0) is 12.4 Å². The molecule has 3 nitrogen and oxygen atoms in total. The Balaban J connectivity index is 2.68. The maximum atomic E-state index is 6.49. The quantitative estimate of drug-likeness (QED) is 0.383. The summed E-state index contributed by atoms with van der Waals surface area (Å²) in [7, 11) is 0. The van der Waals surface area contributed by atoms with Crippen LogP contribution in [0.25, 0.3) is 5.32 Å². The summed E-state index contributed by atoms with van der Waals surface area (Å²) in [6.07, 6.45) is 2.42. The Hall–Kier alpha value is -0.700. The van der Waals surface area contributed by atoms with Gasteiger partial charge in [0.15, 0.2) is 0 Å². The molecule has 3 heteroatoms. The van der Waals surface area contributed by atoms with Gasteiger partial charge in [-0.3, -0.25) is 0 Å². The highest BCUT2D eigenvalue weighted by Crippen LogP contribution is 1.75. The van der Waals surface area contributed by atoms with E-state index < -0.39 is 0 Å². The lowest BCUT2D eigenvalue weighted by Crippen LogP contribution is -1.87. The smallest absolute Gasteiger partial charge is 0.0253 e. The Kier molecular flexibility index (Phi) is 4.77. The maximum absolute atomic E-state index is 6.49. The zero-order valence-corrected chi connectivity index (χ0v) is 4.02. The summed E-state index contributed by atoms with van der Waals surface area (Å²) >= 11 is 0. The van der Waals surface area contributed by atoms with Crippen molar-refractivity contribution in [2.75, 3.05) is 13.1 Å². The third kappa shape index (κ3) is 5.30. The average Bonchev–Trinajstić information content (AvgIpc) is 1.69. The van der Waals surface area contributed by atoms with E-state index in [-0.39, 0.29) is 0 Å². The molecule has 0 saturated heterocycles. The van der Waals surface area contributed by atoms with Gasteiger partial charge in [0.1, 0.15) is 0 Å². The van der Waals surface area contributed by atoms with Crippen LogP contribution in [0.5, 0.6) is 0 Å². The SMILES string of the molecule is N=CC[N-]CC=N. The van der Waals surface area contributed by atoms with Gasteiger partial charge in [0, 0.05) is 0 Å². The lowest BCUT2D eigenvalue weighted by atomic mass is 10.6. The molecule has 0 atom stereocenters. The van der Waals surface area contributed by atoms with Crippen LogP contribution in [-0.2, 0) is 0 Å². The summed E-state index contributed by atoms with van der Waals surface area (Å²) in [5.74, 6) is 0. The van der Waals surface area contributed by atoms with Gasteiger partial charge in [0.25, 0.3) is 0 Å². The molecule has 0 aliphatic rings. The molecule has 0 aromatic carbocycles. The minimum absolute atomic E-state index is 0.440. The van der Waals surface area contributed by atoms with Crippen LogP contribution < -0.4 is 0 Å². The number of nitrogens with one attached hydrogen (secondary N) is 2. The van der Waals surface area contributed by atoms with E-state index in [1.165, 1.54) is 12.4 Å². The van der Waals surface area contributed by atoms with E-state index in [4.69, 9.17) is 10.8 Å². The van der Waals surface area contributed by atoms with Crippen molar-refractivity contribution in [2.45, 2.75) is 0 Å². The van der Waals surface area contributed by atoms with Crippen molar-refractivity contribution < 1.29 is 0 Å². The number of rotatable bonds is 4. The molecule has 0 aliphatic heterocycles. The molecule has 0 radical (unpaired) electrons. The van der Waals surface area contributed by atoms with E-state index in [1.807, 2.05) is 0 Å². The first-order valence-corrected chi connectivity index (χ1v) is 2.03. The second kappa shape index (κ2) is 5.30. The Morgan fingerprint density at radius 2 is 1.57 bits per heavy atom. The Bertz CT molecular complexity index is 52.0. The minimum Gasteiger partial charge on any atom is -0.653 e. The maximum Gasteiger partial charge on any atom is -0.0253 e. The highest BCUT2D eigenvalue weighted by molar-refractivity contribution is 5.64. The van der Waals surface area contributed by atoms with Crippen LogP contribution in [0.4, 0.5) is 0 Å². The van der Waals surface area contributed by atoms with Gasteiger partial charge in [-0.2, -0.15) is 0 Å². The molecule has 0 amide bonds. The molecule has 0 bridgehead atoms. The zero-order valence-electron chi connectivity index (χ0n) is 4.02. The van der Waals surface area contributed by atoms with E-state index in [2.05, 4.69) is 5.32 Å². The van der Waals surface area contributed by atoms with E-state index >= 15 is 0 Å². The molecule has 40 valence electrons. The van der Waals surface area contributed by atoms with Crippen molar-refractivity contribution in [3.8, 4) is 0 Å². The fourth-order valence-corrected chi connectivity index (χ4v) is 0.204. The van der Waals surface area contributed by atoms with E-state index in [9.17, 15) is 0 Å². The van der Waals surface area contributed by atoms with Crippen LogP contribution >= 0.6 is 0 Å². The van der Waals surface area contributed by atoms with Gasteiger partial charge in [-0.1, -0.05) is 0 Å². The van der Waals surface area contributed by atoms with Crippen molar-refractivity contribution >= 4 is 12.4 Å². The number of nitrogens with zero attached hydrogens (tertiary/aromatic N) is 1. The lowest BCUT2D eigenvalue weighted by Gasteiger charge is -2.08. The van der Waals surface area contributed by atoms with Crippen molar-refractivity contribution in [1.29, 1.82) is 10.8 Å². The predicted octanol–water partition coefficient (Wildman–Crippen LogP) is 0.659. The fourth-order valence-electron chi connectivity index (χ4n) is 0.204. The van der Waals surface area contributed by atoms with Crippen LogP contribution in [0.1, 0.15) is 0 Å². The molecule has 0 rings (SSSR count). The summed E-state index contributed by atoms with van der Waals surface area (Å²) < 4.78 is 0. The number of hydrogen-bond acceptors (Lipinski definition) is 2. The molecule has 0 spiro atoms. The Morgan fingerprint density at radius 3 is 1.86 bits per heavy atom. The first-order valence-electron chi connectivity index (χ1n) is 2.03. The molecule has 0 aromatic heterocycles. The standard InChI is InChI=1S/C4H8N3/c5-1-3-7-4-2-6/h1-2,5-6H,3-4H2/q-1. The first-order chi connectivity index (χ1) is 3.41. The first kappa shape index (κ1) is 6.30. The van der Waals surface area contributed by atoms with Gasteiger partial charge in [0.2, 0.25) is 0 Å². The molecule has 0 aromatic rings. The summed E-state index contributed by atoms with van der Waals surface area (Å²) in [5.41, 5.74) is 0. The van der Waals surface area contributed by atoms with Crippen LogP contribution in [0, 0.1) is 10.8 Å². The van der Waals surface area contributed by atoms with E-state index in [1.54, 1.807) is 0 Å². The van der Waals surface area contributed by atoms with Crippen LogP contribution in [-0.4, -0.2) is 25.5 Å². The second-order valence-electron chi connectivity index (χ2n) is 0.997. The lowest BCUT2D eigenvalue weighted by molar-refractivity contribution is 1.35. The molecule has 0 unspecified atom stereocenters. The molecule has 0 heterocycles. The van der Waals surface area contributed by atoms with Gasteiger partial charge in [-0.25, -0.2) is 0 Å². The van der Waals surface area contributed by atoms with Gasteiger partial charge in [0.05, 0.1) is 0 Å². The Labute approximate surface area is 42.8 Å². The van der Waals surface area contributed by atoms with Crippen LogP contribution in [0.15, 0.2) is 0 Å². The van der Waals surface area contributed by atoms with Gasteiger partial charge < -0.3 is 16.1 Å². The minimum atomic E-state index is 0.440. The van der Waals surface area contributed by atoms with E-state index in [0.29, 0.717) is 13.1 Å². The largest absolute Gasteiger partial charge is 0.653 e. The topological polar surface area (TPSA) is 61.8 Å². The van der Waals surface area contributed by atoms with Crippen LogP contribution in [0.2, 0.25) is 0 Å². The van der Waals surface area contributed by atoms with Crippen molar-refractivity contribution in [3.63, 3.8) is 0 Å². The molecule has 7 heavy (non-hydrogen) atoms. The van der Waals surface area contributed by atoms with Crippen molar-refractivity contribution in [3.05, 3.63) is 5.32 Å². The fraction of sp³-hybridized carbons (Fsp3) is 0.500. The van der Waals surface area contributed by atoms with Crippen molar-refractivity contribution in [2.24, 2.45) is 0 Å². The summed E-state index contributed by atoms with van der Waals surface area (Å²) in [6, 6.07) is 0. The van der Waals surface area contributed by atoms with Crippen molar-refractivity contribution in [1.82, 2.24) is 0 Å². The van der Waals surface area contributed by atoms with Gasteiger partial charge in [-0.15, -0.1) is 13.1 Å². The Morgan fingerprint density at radius 1 is 1.14 bits per heavy atom. The normalized spacial score (nSPS) is 8.00. The zero-order chi connectivity index (χ0) is 5.54. The second-order valence-corrected chi connectivity index (χ2v) is 0.997. The predicted molar refractivity (Wildman–Crippen MR) is 30.7 cm³/mol. The highest BCUT2D eigenvalue weighted by Gasteiger charge is 1.56. The average molecular weight is 98.1 g/mol. The molecular formula is C4H8N3-. The highest BCUT2D eigenvalue weighted by atomic mass is 14.8. The molecule has 2 N–H and O–H groups in total. The monoisotopic (exact) mass is 98.1 g/mol. The molecule has 0 fully saturated rings.